The van der Waals surface area contributed by atoms with Gasteiger partial charge < -0.3 is 10.6 Å². The molecule has 1 fully saturated rings. The van der Waals surface area contributed by atoms with E-state index in [9.17, 15) is 12.8 Å². The fraction of sp³-hybridized carbons (Fsp3) is 0.571. The number of nitrogens with zero attached hydrogens (tertiary/aromatic N) is 2. The lowest BCUT2D eigenvalue weighted by Gasteiger charge is -2.26. The third-order valence-electron chi connectivity index (χ3n) is 4.08. The lowest BCUT2D eigenvalue weighted by Crippen LogP contribution is -2.39. The summed E-state index contributed by atoms with van der Waals surface area (Å²) in [4.78, 5) is 2.12. The van der Waals surface area contributed by atoms with Crippen molar-refractivity contribution in [2.75, 3.05) is 27.2 Å². The molecule has 21 heavy (non-hydrogen) atoms. The van der Waals surface area contributed by atoms with E-state index in [-0.39, 0.29) is 17.5 Å². The van der Waals surface area contributed by atoms with Crippen LogP contribution in [0.15, 0.2) is 23.1 Å². The molecule has 1 saturated heterocycles. The summed E-state index contributed by atoms with van der Waals surface area (Å²) < 4.78 is 40.0. The van der Waals surface area contributed by atoms with Gasteiger partial charge in [-0.25, -0.2) is 12.8 Å². The molecule has 1 aliphatic heterocycles. The number of halogens is 1. The van der Waals surface area contributed by atoms with Gasteiger partial charge in [-0.1, -0.05) is 6.07 Å². The van der Waals surface area contributed by atoms with Crippen molar-refractivity contribution >= 4 is 10.0 Å². The monoisotopic (exact) mass is 315 g/mol. The first-order valence-corrected chi connectivity index (χ1v) is 8.45. The molecule has 5 nitrogen and oxygen atoms in total. The maximum atomic E-state index is 13.4. The SMILES string of the molecule is CN1CCCC1CN(C)S(=O)(=O)c1cc(F)ccc1CN. The molecule has 0 saturated carbocycles. The molecule has 2 rings (SSSR count). The van der Waals surface area contributed by atoms with Gasteiger partial charge in [-0.3, -0.25) is 0 Å². The Morgan fingerprint density at radius 2 is 2.19 bits per heavy atom. The van der Waals surface area contributed by atoms with E-state index in [0.29, 0.717) is 12.1 Å². The minimum atomic E-state index is -3.73. The van der Waals surface area contributed by atoms with E-state index in [2.05, 4.69) is 4.90 Å². The van der Waals surface area contributed by atoms with Crippen molar-refractivity contribution in [2.45, 2.75) is 30.3 Å². The van der Waals surface area contributed by atoms with Crippen LogP contribution in [0.3, 0.4) is 0 Å². The summed E-state index contributed by atoms with van der Waals surface area (Å²) in [6, 6.07) is 3.91. The highest BCUT2D eigenvalue weighted by Crippen LogP contribution is 2.23. The first-order chi connectivity index (χ1) is 9.86. The summed E-state index contributed by atoms with van der Waals surface area (Å²) in [6.45, 7) is 1.44. The molecule has 1 atom stereocenters. The molecule has 0 radical (unpaired) electrons. The van der Waals surface area contributed by atoms with Crippen LogP contribution in [0.1, 0.15) is 18.4 Å². The van der Waals surface area contributed by atoms with E-state index in [1.807, 2.05) is 7.05 Å². The maximum absolute atomic E-state index is 13.4. The number of hydrogen-bond donors (Lipinski definition) is 1. The van der Waals surface area contributed by atoms with Crippen LogP contribution in [0.4, 0.5) is 4.39 Å². The van der Waals surface area contributed by atoms with Gasteiger partial charge in [0.15, 0.2) is 0 Å². The quantitative estimate of drug-likeness (QED) is 0.880. The minimum Gasteiger partial charge on any atom is -0.326 e. The van der Waals surface area contributed by atoms with E-state index < -0.39 is 15.8 Å². The zero-order chi connectivity index (χ0) is 15.6. The van der Waals surface area contributed by atoms with Gasteiger partial charge in [0.05, 0.1) is 4.90 Å². The lowest BCUT2D eigenvalue weighted by atomic mass is 10.2. The molecule has 2 N–H and O–H groups in total. The van der Waals surface area contributed by atoms with Crippen molar-refractivity contribution in [1.29, 1.82) is 0 Å². The highest BCUT2D eigenvalue weighted by Gasteiger charge is 2.29. The Hall–Kier alpha value is -1.02. The van der Waals surface area contributed by atoms with Crippen molar-refractivity contribution in [2.24, 2.45) is 5.73 Å². The normalized spacial score (nSPS) is 20.3. The van der Waals surface area contributed by atoms with Crippen LogP contribution in [0, 0.1) is 5.82 Å². The zero-order valence-electron chi connectivity index (χ0n) is 12.4. The predicted octanol–water partition coefficient (Wildman–Crippen LogP) is 0.999. The van der Waals surface area contributed by atoms with E-state index in [4.69, 9.17) is 5.73 Å². The minimum absolute atomic E-state index is 0.0341. The van der Waals surface area contributed by atoms with Crippen molar-refractivity contribution in [1.82, 2.24) is 9.21 Å². The lowest BCUT2D eigenvalue weighted by molar-refractivity contribution is 0.271. The van der Waals surface area contributed by atoms with Crippen LogP contribution in [0.5, 0.6) is 0 Å². The maximum Gasteiger partial charge on any atom is 0.243 e. The molecule has 1 aliphatic rings. The van der Waals surface area contributed by atoms with E-state index in [1.54, 1.807) is 0 Å². The second kappa shape index (κ2) is 6.39. The molecule has 118 valence electrons. The fourth-order valence-corrected chi connectivity index (χ4v) is 4.16. The molecule has 0 bridgehead atoms. The summed E-state index contributed by atoms with van der Waals surface area (Å²) in [5.41, 5.74) is 6.00. The number of likely N-dealkylation sites (N-methyl/N-ethyl adjacent to an activating group) is 2. The van der Waals surface area contributed by atoms with Gasteiger partial charge in [0.2, 0.25) is 10.0 Å². The average molecular weight is 315 g/mol. The van der Waals surface area contributed by atoms with Gasteiger partial charge in [0.25, 0.3) is 0 Å². The molecule has 0 amide bonds. The van der Waals surface area contributed by atoms with Crippen LogP contribution in [0.2, 0.25) is 0 Å². The van der Waals surface area contributed by atoms with E-state index in [1.165, 1.54) is 23.5 Å². The second-order valence-corrected chi connectivity index (χ2v) is 7.53. The molecule has 0 aromatic heterocycles. The topological polar surface area (TPSA) is 66.6 Å². The third kappa shape index (κ3) is 3.42. The molecule has 0 aliphatic carbocycles. The molecule has 1 aromatic carbocycles. The van der Waals surface area contributed by atoms with Gasteiger partial charge in [-0.2, -0.15) is 4.31 Å². The Bertz CT molecular complexity index is 606. The highest BCUT2D eigenvalue weighted by atomic mass is 32.2. The number of sulfonamides is 1. The Balaban J connectivity index is 2.26. The summed E-state index contributed by atoms with van der Waals surface area (Å²) in [5.74, 6) is -0.572. The molecule has 7 heteroatoms. The van der Waals surface area contributed by atoms with Crippen molar-refractivity contribution in [3.63, 3.8) is 0 Å². The molecular weight excluding hydrogens is 293 g/mol. The number of nitrogens with two attached hydrogens (primary N) is 1. The summed E-state index contributed by atoms with van der Waals surface area (Å²) in [7, 11) is -0.202. The smallest absolute Gasteiger partial charge is 0.243 e. The number of rotatable bonds is 5. The Morgan fingerprint density at radius 1 is 1.48 bits per heavy atom. The number of hydrogen-bond acceptors (Lipinski definition) is 4. The highest BCUT2D eigenvalue weighted by molar-refractivity contribution is 7.89. The van der Waals surface area contributed by atoms with Crippen LogP contribution in [-0.2, 0) is 16.6 Å². The van der Waals surface area contributed by atoms with Gasteiger partial charge in [0, 0.05) is 26.2 Å². The molecule has 1 unspecified atom stereocenters. The van der Waals surface area contributed by atoms with Gasteiger partial charge in [-0.15, -0.1) is 0 Å². The number of likely N-dealkylation sites (tertiary alicyclic amines) is 1. The Labute approximate surface area is 125 Å². The largest absolute Gasteiger partial charge is 0.326 e. The summed E-state index contributed by atoms with van der Waals surface area (Å²) in [5, 5.41) is 0. The first-order valence-electron chi connectivity index (χ1n) is 7.01. The third-order valence-corrected chi connectivity index (χ3v) is 5.98. The molecular formula is C14H22FN3O2S. The van der Waals surface area contributed by atoms with Gasteiger partial charge >= 0.3 is 0 Å². The van der Waals surface area contributed by atoms with Crippen molar-refractivity contribution < 1.29 is 12.8 Å². The standard InChI is InChI=1S/C14H22FN3O2S/c1-17-7-3-4-13(17)10-18(2)21(19,20)14-8-12(15)6-5-11(14)9-16/h5-6,8,13H,3-4,7,9-10,16H2,1-2H3. The molecule has 1 aromatic rings. The van der Waals surface area contributed by atoms with Crippen molar-refractivity contribution in [3.8, 4) is 0 Å². The first kappa shape index (κ1) is 16.4. The summed E-state index contributed by atoms with van der Waals surface area (Å²) in [6.07, 6.45) is 2.05. The Morgan fingerprint density at radius 3 is 2.76 bits per heavy atom. The van der Waals surface area contributed by atoms with E-state index in [0.717, 1.165) is 25.5 Å². The predicted molar refractivity (Wildman–Crippen MR) is 79.8 cm³/mol. The van der Waals surface area contributed by atoms with Crippen molar-refractivity contribution in [3.05, 3.63) is 29.6 Å². The van der Waals surface area contributed by atoms with Crippen LogP contribution in [-0.4, -0.2) is 50.8 Å². The number of benzene rings is 1. The summed E-state index contributed by atoms with van der Waals surface area (Å²) >= 11 is 0. The van der Waals surface area contributed by atoms with Crippen LogP contribution >= 0.6 is 0 Å². The fourth-order valence-electron chi connectivity index (χ4n) is 2.71. The second-order valence-electron chi connectivity index (χ2n) is 5.52. The molecule has 0 spiro atoms. The van der Waals surface area contributed by atoms with Crippen LogP contribution in [0.25, 0.3) is 0 Å². The van der Waals surface area contributed by atoms with E-state index >= 15 is 0 Å². The molecule has 1 heterocycles. The zero-order valence-corrected chi connectivity index (χ0v) is 13.2. The average Bonchev–Trinajstić information content (AvgIpc) is 2.84. The Kier molecular flexibility index (Phi) is 4.98. The van der Waals surface area contributed by atoms with Gasteiger partial charge in [0.1, 0.15) is 5.82 Å². The van der Waals surface area contributed by atoms with Crippen LogP contribution < -0.4 is 5.73 Å². The van der Waals surface area contributed by atoms with Gasteiger partial charge in [-0.05, 0) is 44.1 Å².